The number of thioether (sulfide) groups is 1. The Bertz CT molecular complexity index is 1260. The Balaban J connectivity index is 1.36. The van der Waals surface area contributed by atoms with Crippen molar-refractivity contribution in [1.29, 1.82) is 0 Å². The number of aromatic nitrogens is 1. The molecule has 0 unspecified atom stereocenters. The Labute approximate surface area is 226 Å². The molecule has 1 fully saturated rings. The molecule has 0 spiro atoms. The molecule has 194 valence electrons. The van der Waals surface area contributed by atoms with E-state index in [1.165, 1.54) is 0 Å². The Hall–Kier alpha value is -3.49. The average Bonchev–Trinajstić information content (AvgIpc) is 3.31. The van der Waals surface area contributed by atoms with Crippen molar-refractivity contribution in [2.24, 2.45) is 0 Å². The van der Waals surface area contributed by atoms with E-state index >= 15 is 0 Å². The SMILES string of the molecule is O=C(OC[C@H]1O[C@H](Sc2ccccc2)[C@@H](OCc2ccccc2)[C@@H]1OCc1ccccc1)c1ccccn1. The smallest absolute Gasteiger partial charge is 0.357 e. The number of nitrogens with zero attached hydrogens (tertiary/aromatic N) is 1. The van der Waals surface area contributed by atoms with Gasteiger partial charge in [0.05, 0.1) is 13.2 Å². The van der Waals surface area contributed by atoms with E-state index in [4.69, 9.17) is 18.9 Å². The van der Waals surface area contributed by atoms with Gasteiger partial charge in [0.15, 0.2) is 0 Å². The number of hydrogen-bond donors (Lipinski definition) is 0. The summed E-state index contributed by atoms with van der Waals surface area (Å²) in [6.07, 6.45) is 0.182. The maximum Gasteiger partial charge on any atom is 0.357 e. The minimum absolute atomic E-state index is 0.0198. The molecule has 1 aliphatic heterocycles. The first kappa shape index (κ1) is 26.1. The Morgan fingerprint density at radius 1 is 0.737 bits per heavy atom. The van der Waals surface area contributed by atoms with E-state index in [2.05, 4.69) is 4.98 Å². The van der Waals surface area contributed by atoms with E-state index in [1.54, 1.807) is 36.2 Å². The molecule has 7 heteroatoms. The van der Waals surface area contributed by atoms with E-state index < -0.39 is 24.3 Å². The van der Waals surface area contributed by atoms with Gasteiger partial charge in [-0.15, -0.1) is 0 Å². The highest BCUT2D eigenvalue weighted by molar-refractivity contribution is 7.99. The zero-order valence-electron chi connectivity index (χ0n) is 20.8. The summed E-state index contributed by atoms with van der Waals surface area (Å²) in [5.74, 6) is -0.503. The van der Waals surface area contributed by atoms with Crippen molar-refractivity contribution in [2.75, 3.05) is 6.61 Å². The lowest BCUT2D eigenvalue weighted by Gasteiger charge is -2.25. The van der Waals surface area contributed by atoms with Gasteiger partial charge in [-0.2, -0.15) is 0 Å². The zero-order chi connectivity index (χ0) is 26.0. The van der Waals surface area contributed by atoms with Gasteiger partial charge in [-0.3, -0.25) is 0 Å². The van der Waals surface area contributed by atoms with Crippen LogP contribution in [0.3, 0.4) is 0 Å². The largest absolute Gasteiger partial charge is 0.458 e. The molecule has 1 saturated heterocycles. The fourth-order valence-corrected chi connectivity index (χ4v) is 5.33. The molecular formula is C31H29NO5S. The van der Waals surface area contributed by atoms with Crippen LogP contribution in [-0.2, 0) is 32.2 Å². The van der Waals surface area contributed by atoms with Crippen molar-refractivity contribution in [2.45, 2.75) is 41.9 Å². The molecule has 1 aliphatic rings. The molecule has 6 nitrogen and oxygen atoms in total. The molecule has 4 atom stereocenters. The number of carbonyl (C=O) groups excluding carboxylic acids is 1. The summed E-state index contributed by atoms with van der Waals surface area (Å²) in [4.78, 5) is 17.8. The molecule has 4 aromatic rings. The second-order valence-electron chi connectivity index (χ2n) is 8.81. The van der Waals surface area contributed by atoms with Crippen molar-refractivity contribution >= 4 is 17.7 Å². The van der Waals surface area contributed by atoms with Crippen molar-refractivity contribution in [1.82, 2.24) is 4.98 Å². The minimum atomic E-state index is -0.520. The van der Waals surface area contributed by atoms with Crippen LogP contribution in [0.4, 0.5) is 0 Å². The van der Waals surface area contributed by atoms with Crippen molar-refractivity contribution < 1.29 is 23.7 Å². The second-order valence-corrected chi connectivity index (χ2v) is 9.98. The molecule has 38 heavy (non-hydrogen) atoms. The molecule has 0 aliphatic carbocycles. The van der Waals surface area contributed by atoms with Crippen LogP contribution in [-0.4, -0.2) is 41.3 Å². The van der Waals surface area contributed by atoms with Gasteiger partial charge in [0.1, 0.15) is 36.0 Å². The summed E-state index contributed by atoms with van der Waals surface area (Å²) in [6, 6.07) is 35.2. The number of carbonyl (C=O) groups is 1. The standard InChI is InChI=1S/C31H29NO5S/c33-30(26-18-10-11-19-32-26)36-22-27-28(34-20-23-12-4-1-5-13-23)29(35-21-24-14-6-2-7-15-24)31(37-27)38-25-16-8-3-9-17-25/h1-19,27-29,31H,20-22H2/t27-,28-,29+,31-/m1/s1. The van der Waals surface area contributed by atoms with Gasteiger partial charge in [-0.25, -0.2) is 9.78 Å². The highest BCUT2D eigenvalue weighted by Gasteiger charge is 2.47. The quantitative estimate of drug-likeness (QED) is 0.224. The third-order valence-electron chi connectivity index (χ3n) is 6.09. The highest BCUT2D eigenvalue weighted by atomic mass is 32.2. The van der Waals surface area contributed by atoms with Crippen LogP contribution in [0.1, 0.15) is 21.6 Å². The fraction of sp³-hybridized carbons (Fsp3) is 0.226. The topological polar surface area (TPSA) is 66.9 Å². The lowest BCUT2D eigenvalue weighted by Crippen LogP contribution is -2.39. The van der Waals surface area contributed by atoms with E-state index in [-0.39, 0.29) is 17.7 Å². The van der Waals surface area contributed by atoms with Crippen LogP contribution in [0.2, 0.25) is 0 Å². The molecule has 0 saturated carbocycles. The van der Waals surface area contributed by atoms with Gasteiger partial charge in [0.2, 0.25) is 0 Å². The number of hydrogen-bond acceptors (Lipinski definition) is 7. The summed E-state index contributed by atoms with van der Waals surface area (Å²) < 4.78 is 25.0. The molecule has 0 bridgehead atoms. The Morgan fingerprint density at radius 2 is 1.32 bits per heavy atom. The van der Waals surface area contributed by atoms with Gasteiger partial charge in [0.25, 0.3) is 0 Å². The van der Waals surface area contributed by atoms with E-state index in [0.29, 0.717) is 13.2 Å². The molecule has 2 heterocycles. The predicted molar refractivity (Wildman–Crippen MR) is 146 cm³/mol. The van der Waals surface area contributed by atoms with Crippen molar-refractivity contribution in [3.05, 3.63) is 132 Å². The van der Waals surface area contributed by atoms with Crippen LogP contribution < -0.4 is 0 Å². The maximum absolute atomic E-state index is 12.6. The zero-order valence-corrected chi connectivity index (χ0v) is 21.6. The van der Waals surface area contributed by atoms with Gasteiger partial charge in [0, 0.05) is 11.1 Å². The summed E-state index contributed by atoms with van der Waals surface area (Å²) >= 11 is 1.57. The minimum Gasteiger partial charge on any atom is -0.458 e. The van der Waals surface area contributed by atoms with Crippen molar-refractivity contribution in [3.8, 4) is 0 Å². The van der Waals surface area contributed by atoms with Gasteiger partial charge in [-0.1, -0.05) is 96.7 Å². The first-order chi connectivity index (χ1) is 18.8. The van der Waals surface area contributed by atoms with Crippen LogP contribution in [0.25, 0.3) is 0 Å². The van der Waals surface area contributed by atoms with Crippen molar-refractivity contribution in [3.63, 3.8) is 0 Å². The summed E-state index contributed by atoms with van der Waals surface area (Å²) in [5.41, 5.74) is 1.99. The fourth-order valence-electron chi connectivity index (χ4n) is 4.18. The van der Waals surface area contributed by atoms with Gasteiger partial charge in [-0.05, 0) is 35.4 Å². The molecule has 0 N–H and O–H groups in total. The molecular weight excluding hydrogens is 498 g/mol. The number of pyridine rings is 1. The predicted octanol–water partition coefficient (Wildman–Crippen LogP) is 5.93. The monoisotopic (exact) mass is 527 g/mol. The van der Waals surface area contributed by atoms with E-state index in [0.717, 1.165) is 16.0 Å². The molecule has 3 aromatic carbocycles. The van der Waals surface area contributed by atoms with Crippen LogP contribution >= 0.6 is 11.8 Å². The normalized spacial score (nSPS) is 20.7. The molecule has 0 radical (unpaired) electrons. The number of rotatable bonds is 11. The summed E-state index contributed by atoms with van der Waals surface area (Å²) in [6.45, 7) is 0.811. The third kappa shape index (κ3) is 7.08. The third-order valence-corrected chi connectivity index (χ3v) is 7.24. The molecule has 0 amide bonds. The molecule has 1 aromatic heterocycles. The molecule has 5 rings (SSSR count). The Kier molecular flexibility index (Phi) is 9.18. The van der Waals surface area contributed by atoms with Crippen LogP contribution in [0, 0.1) is 0 Å². The first-order valence-corrected chi connectivity index (χ1v) is 13.4. The number of ether oxygens (including phenoxy) is 4. The maximum atomic E-state index is 12.6. The van der Waals surface area contributed by atoms with Crippen LogP contribution in [0.5, 0.6) is 0 Å². The lowest BCUT2D eigenvalue weighted by molar-refractivity contribution is -0.0834. The average molecular weight is 528 g/mol. The number of esters is 1. The summed E-state index contributed by atoms with van der Waals surface area (Å²) in [7, 11) is 0. The number of benzene rings is 3. The van der Waals surface area contributed by atoms with Gasteiger partial charge < -0.3 is 18.9 Å². The highest BCUT2D eigenvalue weighted by Crippen LogP contribution is 2.38. The van der Waals surface area contributed by atoms with E-state index in [1.807, 2.05) is 91.0 Å². The first-order valence-electron chi connectivity index (χ1n) is 12.5. The van der Waals surface area contributed by atoms with Crippen LogP contribution in [0.15, 0.2) is 120 Å². The van der Waals surface area contributed by atoms with E-state index in [9.17, 15) is 4.79 Å². The Morgan fingerprint density at radius 3 is 1.92 bits per heavy atom. The summed E-state index contributed by atoms with van der Waals surface area (Å²) in [5, 5.41) is 0. The van der Waals surface area contributed by atoms with Gasteiger partial charge >= 0.3 is 5.97 Å². The second kappa shape index (κ2) is 13.3. The lowest BCUT2D eigenvalue weighted by atomic mass is 10.1.